The molecule has 2 heterocycles. The minimum atomic E-state index is -0.920. The molecule has 1 amide bonds. The zero-order chi connectivity index (χ0) is 26.4. The molecule has 3 N–H and O–H groups in total. The average molecular weight is 538 g/mol. The molecule has 11 nitrogen and oxygen atoms in total. The molecule has 0 bridgehead atoms. The maximum atomic E-state index is 13.2. The van der Waals surface area contributed by atoms with E-state index in [1.54, 1.807) is 32.0 Å². The van der Waals surface area contributed by atoms with Gasteiger partial charge in [0.05, 0.1) is 72.5 Å². The summed E-state index contributed by atoms with van der Waals surface area (Å²) in [5.74, 6) is -2.90. The summed E-state index contributed by atoms with van der Waals surface area (Å²) in [6.07, 6.45) is 1.40. The van der Waals surface area contributed by atoms with Gasteiger partial charge in [-0.15, -0.1) is 5.10 Å². The number of allylic oxidation sites excluding steroid dienone is 1. The maximum absolute atomic E-state index is 13.2. The van der Waals surface area contributed by atoms with E-state index in [1.165, 1.54) is 18.0 Å². The third-order valence-electron chi connectivity index (χ3n) is 5.34. The third-order valence-corrected chi connectivity index (χ3v) is 6.17. The van der Waals surface area contributed by atoms with Crippen LogP contribution in [0.2, 0.25) is 10.0 Å². The molecule has 192 valence electrons. The Morgan fingerprint density at radius 2 is 1.94 bits per heavy atom. The van der Waals surface area contributed by atoms with E-state index in [0.29, 0.717) is 17.0 Å². The average Bonchev–Trinajstić information content (AvgIpc) is 3.32. The van der Waals surface area contributed by atoms with E-state index in [-0.39, 0.29) is 53.3 Å². The number of carbonyl (C=O) groups is 3. The van der Waals surface area contributed by atoms with Gasteiger partial charge in [-0.25, -0.2) is 14.3 Å². The lowest BCUT2D eigenvalue weighted by atomic mass is 9.80. The van der Waals surface area contributed by atoms with Crippen LogP contribution < -0.4 is 11.1 Å². The number of amides is 1. The van der Waals surface area contributed by atoms with Crippen molar-refractivity contribution in [1.82, 2.24) is 20.3 Å². The lowest BCUT2D eigenvalue weighted by Crippen LogP contribution is -2.35. The number of nitrogens with zero attached hydrogens (tertiary/aromatic N) is 3. The second-order valence-corrected chi connectivity index (χ2v) is 8.41. The molecule has 0 spiro atoms. The van der Waals surface area contributed by atoms with Crippen LogP contribution in [-0.2, 0) is 30.3 Å². The molecule has 0 aliphatic carbocycles. The van der Waals surface area contributed by atoms with Crippen molar-refractivity contribution in [2.75, 3.05) is 26.9 Å². The monoisotopic (exact) mass is 537 g/mol. The van der Waals surface area contributed by atoms with Gasteiger partial charge in [-0.1, -0.05) is 40.5 Å². The number of aromatic nitrogens is 3. The Morgan fingerprint density at radius 1 is 1.19 bits per heavy atom. The molecule has 1 aromatic carbocycles. The highest BCUT2D eigenvalue weighted by Gasteiger charge is 2.40. The number of esters is 2. The summed E-state index contributed by atoms with van der Waals surface area (Å²) < 4.78 is 17.5. The van der Waals surface area contributed by atoms with Crippen molar-refractivity contribution in [2.24, 2.45) is 5.73 Å². The van der Waals surface area contributed by atoms with Crippen LogP contribution >= 0.6 is 23.2 Å². The summed E-state index contributed by atoms with van der Waals surface area (Å²) in [4.78, 5) is 37.2. The molecule has 1 aliphatic rings. The second kappa shape index (κ2) is 12.0. The van der Waals surface area contributed by atoms with Crippen molar-refractivity contribution in [1.29, 1.82) is 0 Å². The van der Waals surface area contributed by atoms with Crippen molar-refractivity contribution in [3.05, 3.63) is 68.2 Å². The molecule has 13 heteroatoms. The van der Waals surface area contributed by atoms with Crippen LogP contribution in [0.4, 0.5) is 0 Å². The Morgan fingerprint density at radius 3 is 2.58 bits per heavy atom. The highest BCUT2D eigenvalue weighted by molar-refractivity contribution is 6.42. The molecule has 36 heavy (non-hydrogen) atoms. The summed E-state index contributed by atoms with van der Waals surface area (Å²) in [6.45, 7) is 3.86. The topological polar surface area (TPSA) is 148 Å². The van der Waals surface area contributed by atoms with Crippen LogP contribution in [0.25, 0.3) is 0 Å². The van der Waals surface area contributed by atoms with Gasteiger partial charge >= 0.3 is 11.9 Å². The zero-order valence-electron chi connectivity index (χ0n) is 19.8. The zero-order valence-corrected chi connectivity index (χ0v) is 21.4. The first-order valence-corrected chi connectivity index (χ1v) is 11.6. The number of ether oxygens (including phenoxy) is 3. The molecule has 1 aliphatic heterocycles. The first-order valence-electron chi connectivity index (χ1n) is 10.9. The number of benzene rings is 1. The van der Waals surface area contributed by atoms with E-state index in [1.807, 2.05) is 0 Å². The summed E-state index contributed by atoms with van der Waals surface area (Å²) >= 11 is 12.8. The normalized spacial score (nSPS) is 15.5. The Hall–Kier alpha value is -3.41. The summed E-state index contributed by atoms with van der Waals surface area (Å²) in [5.41, 5.74) is 6.83. The van der Waals surface area contributed by atoms with E-state index in [2.05, 4.69) is 15.6 Å². The third kappa shape index (κ3) is 5.86. The fourth-order valence-corrected chi connectivity index (χ4v) is 4.16. The smallest absolute Gasteiger partial charge is 0.336 e. The predicted molar refractivity (Wildman–Crippen MR) is 130 cm³/mol. The molecule has 1 aromatic heterocycles. The fourth-order valence-electron chi connectivity index (χ4n) is 3.75. The summed E-state index contributed by atoms with van der Waals surface area (Å²) in [6, 6.07) is 4.96. The minimum absolute atomic E-state index is 0.0357. The fraction of sp³-hybridized carbons (Fsp3) is 0.348. The van der Waals surface area contributed by atoms with Gasteiger partial charge in [0.1, 0.15) is 0 Å². The number of primary amides is 1. The van der Waals surface area contributed by atoms with Gasteiger partial charge in [0, 0.05) is 5.70 Å². The maximum Gasteiger partial charge on any atom is 0.336 e. The Labute approximate surface area is 217 Å². The van der Waals surface area contributed by atoms with Gasteiger partial charge in [0.15, 0.2) is 5.69 Å². The van der Waals surface area contributed by atoms with Gasteiger partial charge in [0.2, 0.25) is 0 Å². The predicted octanol–water partition coefficient (Wildman–Crippen LogP) is 2.35. The number of nitrogens with one attached hydrogen (secondary N) is 1. The summed E-state index contributed by atoms with van der Waals surface area (Å²) in [7, 11) is 1.25. The first-order chi connectivity index (χ1) is 17.2. The van der Waals surface area contributed by atoms with E-state index in [9.17, 15) is 14.4 Å². The van der Waals surface area contributed by atoms with E-state index >= 15 is 0 Å². The van der Waals surface area contributed by atoms with Crippen LogP contribution in [0.3, 0.4) is 0 Å². The van der Waals surface area contributed by atoms with E-state index in [4.69, 9.17) is 43.1 Å². The number of hydrogen-bond donors (Lipinski definition) is 2. The van der Waals surface area contributed by atoms with Crippen LogP contribution in [0.5, 0.6) is 0 Å². The molecule has 2 aromatic rings. The van der Waals surface area contributed by atoms with Crippen molar-refractivity contribution in [3.8, 4) is 0 Å². The molecule has 0 radical (unpaired) electrons. The number of rotatable bonds is 10. The van der Waals surface area contributed by atoms with Gasteiger partial charge in [-0.05, 0) is 25.5 Å². The van der Waals surface area contributed by atoms with Crippen molar-refractivity contribution in [2.45, 2.75) is 26.3 Å². The largest absolute Gasteiger partial charge is 0.466 e. The minimum Gasteiger partial charge on any atom is -0.466 e. The highest BCUT2D eigenvalue weighted by Crippen LogP contribution is 2.43. The van der Waals surface area contributed by atoms with Crippen molar-refractivity contribution in [3.63, 3.8) is 0 Å². The standard InChI is InChI=1S/C23H25Cl2N5O6/c1-4-36-23(33)19-16(11-35-9-8-30-10-15(21(26)31)28-29-30)27-12(2)17(22(32)34-3)18(19)13-6-5-7-14(24)20(13)25/h5-7,10,18,27H,4,8-9,11H2,1-3H3,(H2,26,31). The molecule has 0 fully saturated rings. The lowest BCUT2D eigenvalue weighted by molar-refractivity contribution is -0.139. The molecule has 3 rings (SSSR count). The van der Waals surface area contributed by atoms with E-state index < -0.39 is 23.8 Å². The number of nitrogens with two attached hydrogens (primary N) is 1. The quantitative estimate of drug-likeness (QED) is 0.344. The molecule has 0 saturated heterocycles. The number of dihydropyridines is 1. The van der Waals surface area contributed by atoms with Crippen LogP contribution in [0, 0.1) is 0 Å². The van der Waals surface area contributed by atoms with Gasteiger partial charge in [0.25, 0.3) is 5.91 Å². The number of halogens is 2. The van der Waals surface area contributed by atoms with Crippen LogP contribution in [-0.4, -0.2) is 59.8 Å². The lowest BCUT2D eigenvalue weighted by Gasteiger charge is -2.31. The SMILES string of the molecule is CCOC(=O)C1=C(COCCn2cc(C(N)=O)nn2)NC(C)=C(C(=O)OC)C1c1cccc(Cl)c1Cl. The highest BCUT2D eigenvalue weighted by atomic mass is 35.5. The molecule has 0 saturated carbocycles. The van der Waals surface area contributed by atoms with Gasteiger partial charge in [-0.3, -0.25) is 4.79 Å². The number of carbonyl (C=O) groups excluding carboxylic acids is 3. The van der Waals surface area contributed by atoms with E-state index in [0.717, 1.165) is 0 Å². The van der Waals surface area contributed by atoms with Crippen molar-refractivity contribution < 1.29 is 28.6 Å². The molecular formula is C23H25Cl2N5O6. The Bertz CT molecular complexity index is 1240. The van der Waals surface area contributed by atoms with Crippen LogP contribution in [0.15, 0.2) is 46.9 Å². The number of hydrogen-bond acceptors (Lipinski definition) is 9. The Balaban J connectivity index is 1.97. The van der Waals surface area contributed by atoms with Gasteiger partial charge < -0.3 is 25.3 Å². The molecular weight excluding hydrogens is 513 g/mol. The number of methoxy groups -OCH3 is 1. The van der Waals surface area contributed by atoms with Gasteiger partial charge in [-0.2, -0.15) is 0 Å². The van der Waals surface area contributed by atoms with Crippen LogP contribution in [0.1, 0.15) is 35.8 Å². The summed E-state index contributed by atoms with van der Waals surface area (Å²) in [5, 5.41) is 11.0. The molecule has 1 unspecified atom stereocenters. The Kier molecular flexibility index (Phi) is 9.08. The van der Waals surface area contributed by atoms with Crippen molar-refractivity contribution >= 4 is 41.0 Å². The molecule has 1 atom stereocenters. The second-order valence-electron chi connectivity index (χ2n) is 7.63. The first kappa shape index (κ1) is 27.2.